The monoisotopic (exact) mass is 267 g/mol. The number of hydrogen-bond donors (Lipinski definition) is 1. The molecule has 1 heterocycles. The molecule has 2 aromatic carbocycles. The van der Waals surface area contributed by atoms with E-state index in [1.165, 1.54) is 0 Å². The van der Waals surface area contributed by atoms with Crippen LogP contribution in [0.2, 0.25) is 5.02 Å². The molecule has 0 aliphatic carbocycles. The normalized spacial score (nSPS) is 15.9. The van der Waals surface area contributed by atoms with E-state index in [1.54, 1.807) is 36.4 Å². The van der Waals surface area contributed by atoms with E-state index >= 15 is 0 Å². The van der Waals surface area contributed by atoms with E-state index in [4.69, 9.17) is 20.6 Å². The second-order valence-corrected chi connectivity index (χ2v) is 5.98. The summed E-state index contributed by atoms with van der Waals surface area (Å²) in [6, 6.07) is 14.0. The summed E-state index contributed by atoms with van der Waals surface area (Å²) in [7, 11) is -3.03. The summed E-state index contributed by atoms with van der Waals surface area (Å²) >= 11 is 5.80. The number of hydrogen-bond acceptors (Lipinski definition) is 3. The molecule has 17 heavy (non-hydrogen) atoms. The number of fused-ring (bicyclic) bond motifs is 1. The highest BCUT2D eigenvalue weighted by atomic mass is 35.5. The first-order valence-electron chi connectivity index (χ1n) is 5.03. The van der Waals surface area contributed by atoms with Crippen molar-refractivity contribution in [3.05, 3.63) is 53.6 Å². The van der Waals surface area contributed by atoms with Crippen LogP contribution in [-0.4, -0.2) is 4.89 Å². The fourth-order valence-electron chi connectivity index (χ4n) is 1.62. The van der Waals surface area contributed by atoms with Gasteiger partial charge in [-0.05, 0) is 36.4 Å². The molecule has 0 bridgehead atoms. The van der Waals surface area contributed by atoms with Gasteiger partial charge in [0.1, 0.15) is 0 Å². The van der Waals surface area contributed by atoms with Crippen LogP contribution in [0.25, 0.3) is 0 Å². The molecule has 0 aromatic heterocycles. The number of rotatable bonds is 1. The summed E-state index contributed by atoms with van der Waals surface area (Å²) < 4.78 is 11.0. The third-order valence-corrected chi connectivity index (χ3v) is 4.54. The summed E-state index contributed by atoms with van der Waals surface area (Å²) in [5.41, 5.74) is 0. The third kappa shape index (κ3) is 1.87. The minimum absolute atomic E-state index is 0.568. The molecule has 5 heteroatoms. The lowest BCUT2D eigenvalue weighted by atomic mass is 10.3. The van der Waals surface area contributed by atoms with Crippen LogP contribution in [0.3, 0.4) is 0 Å². The first-order chi connectivity index (χ1) is 8.17. The van der Waals surface area contributed by atoms with Crippen molar-refractivity contribution < 1.29 is 13.9 Å². The van der Waals surface area contributed by atoms with Gasteiger partial charge in [0, 0.05) is 5.02 Å². The van der Waals surface area contributed by atoms with E-state index in [0.717, 1.165) is 0 Å². The van der Waals surface area contributed by atoms with Gasteiger partial charge in [-0.3, -0.25) is 9.05 Å². The second kappa shape index (κ2) is 3.88. The van der Waals surface area contributed by atoms with Gasteiger partial charge in [-0.1, -0.05) is 23.7 Å². The molecule has 0 saturated carbocycles. The first-order valence-corrected chi connectivity index (χ1v) is 6.99. The summed E-state index contributed by atoms with van der Waals surface area (Å²) in [6.07, 6.45) is 0. The van der Waals surface area contributed by atoms with Crippen molar-refractivity contribution in [2.75, 3.05) is 0 Å². The molecule has 0 saturated heterocycles. The maximum Gasteiger partial charge on any atom is 0.533 e. The van der Waals surface area contributed by atoms with Crippen molar-refractivity contribution in [3.63, 3.8) is 0 Å². The standard InChI is InChI=1S/C12H9ClO3P/c13-9-5-7-10(8-6-9)17(14)15-11-3-1-2-4-12(11)16-17/h1-8,14H/q+1. The Morgan fingerprint density at radius 2 is 1.41 bits per heavy atom. The van der Waals surface area contributed by atoms with Crippen molar-refractivity contribution in [3.8, 4) is 11.5 Å². The van der Waals surface area contributed by atoms with E-state index in [0.29, 0.717) is 21.8 Å². The van der Waals surface area contributed by atoms with Gasteiger partial charge in [0.25, 0.3) is 0 Å². The third-order valence-electron chi connectivity index (χ3n) is 2.45. The maximum atomic E-state index is 10.4. The topological polar surface area (TPSA) is 38.7 Å². The van der Waals surface area contributed by atoms with E-state index < -0.39 is 7.94 Å². The molecule has 3 rings (SSSR count). The SMILES string of the molecule is O[P+]1(c2ccc(Cl)cc2)Oc2ccccc2O1. The van der Waals surface area contributed by atoms with E-state index in [9.17, 15) is 4.89 Å². The fourth-order valence-corrected chi connectivity index (χ4v) is 3.36. The van der Waals surface area contributed by atoms with Gasteiger partial charge in [0.2, 0.25) is 16.8 Å². The van der Waals surface area contributed by atoms with Crippen molar-refractivity contribution >= 4 is 24.8 Å². The Hall–Kier alpha value is -1.28. The number of para-hydroxylation sites is 2. The average molecular weight is 268 g/mol. The second-order valence-electron chi connectivity index (χ2n) is 3.63. The lowest BCUT2D eigenvalue weighted by Gasteiger charge is -2.08. The predicted molar refractivity (Wildman–Crippen MR) is 67.9 cm³/mol. The van der Waals surface area contributed by atoms with Crippen molar-refractivity contribution in [1.82, 2.24) is 0 Å². The summed E-state index contributed by atoms with van der Waals surface area (Å²) in [5.74, 6) is 1.14. The van der Waals surface area contributed by atoms with Crippen molar-refractivity contribution in [2.24, 2.45) is 0 Å². The van der Waals surface area contributed by atoms with E-state index in [-0.39, 0.29) is 0 Å². The summed E-state index contributed by atoms with van der Waals surface area (Å²) in [4.78, 5) is 10.4. The maximum absolute atomic E-state index is 10.4. The zero-order chi connectivity index (χ0) is 11.9. The lowest BCUT2D eigenvalue weighted by Crippen LogP contribution is -2.16. The highest BCUT2D eigenvalue weighted by Crippen LogP contribution is 2.63. The molecule has 1 aliphatic heterocycles. The average Bonchev–Trinajstić information content (AvgIpc) is 2.67. The Morgan fingerprint density at radius 1 is 0.882 bits per heavy atom. The molecule has 1 N–H and O–H groups in total. The van der Waals surface area contributed by atoms with Gasteiger partial charge >= 0.3 is 7.94 Å². The molecule has 0 spiro atoms. The Morgan fingerprint density at radius 3 is 1.94 bits per heavy atom. The number of halogens is 1. The van der Waals surface area contributed by atoms with Crippen molar-refractivity contribution in [1.29, 1.82) is 0 Å². The van der Waals surface area contributed by atoms with E-state index in [1.807, 2.05) is 12.1 Å². The minimum atomic E-state index is -3.03. The van der Waals surface area contributed by atoms with Crippen LogP contribution < -0.4 is 14.4 Å². The molecule has 86 valence electrons. The Bertz CT molecular complexity index is 531. The zero-order valence-electron chi connectivity index (χ0n) is 8.71. The quantitative estimate of drug-likeness (QED) is 0.807. The van der Waals surface area contributed by atoms with Crippen LogP contribution >= 0.6 is 19.5 Å². The van der Waals surface area contributed by atoms with Gasteiger partial charge in [0.05, 0.1) is 0 Å². The van der Waals surface area contributed by atoms with E-state index in [2.05, 4.69) is 0 Å². The van der Waals surface area contributed by atoms with Crippen LogP contribution in [-0.2, 0) is 0 Å². The van der Waals surface area contributed by atoms with Gasteiger partial charge in [-0.15, -0.1) is 0 Å². The molecule has 0 atom stereocenters. The molecule has 2 aromatic rings. The molecular formula is C12H9ClO3P+. The Labute approximate surface area is 104 Å². The smallest absolute Gasteiger partial charge is 0.270 e. The van der Waals surface area contributed by atoms with Crippen LogP contribution in [0.4, 0.5) is 0 Å². The van der Waals surface area contributed by atoms with Gasteiger partial charge < -0.3 is 0 Å². The van der Waals surface area contributed by atoms with Crippen molar-refractivity contribution in [2.45, 2.75) is 0 Å². The summed E-state index contributed by atoms with van der Waals surface area (Å²) in [5, 5.41) is 1.22. The Balaban J connectivity index is 1.98. The minimum Gasteiger partial charge on any atom is -0.270 e. The largest absolute Gasteiger partial charge is 0.533 e. The van der Waals surface area contributed by atoms with Gasteiger partial charge in [0.15, 0.2) is 0 Å². The van der Waals surface area contributed by atoms with Crippen LogP contribution in [0.1, 0.15) is 0 Å². The first kappa shape index (κ1) is 10.8. The molecule has 1 aliphatic rings. The van der Waals surface area contributed by atoms with Crippen LogP contribution in [0.15, 0.2) is 48.5 Å². The molecule has 0 fully saturated rings. The number of benzene rings is 2. The van der Waals surface area contributed by atoms with Gasteiger partial charge in [-0.2, -0.15) is 4.89 Å². The fraction of sp³-hybridized carbons (Fsp3) is 0. The summed E-state index contributed by atoms with van der Waals surface area (Å²) in [6.45, 7) is 0. The molecule has 3 nitrogen and oxygen atoms in total. The van der Waals surface area contributed by atoms with Gasteiger partial charge in [-0.25, -0.2) is 0 Å². The Kier molecular flexibility index (Phi) is 2.48. The highest BCUT2D eigenvalue weighted by Gasteiger charge is 2.53. The highest BCUT2D eigenvalue weighted by molar-refractivity contribution is 7.69. The zero-order valence-corrected chi connectivity index (χ0v) is 10.4. The van der Waals surface area contributed by atoms with Crippen LogP contribution in [0, 0.1) is 0 Å². The predicted octanol–water partition coefficient (Wildman–Crippen LogP) is 3.19. The molecule has 0 unspecified atom stereocenters. The molecule has 0 amide bonds. The molecular weight excluding hydrogens is 259 g/mol. The van der Waals surface area contributed by atoms with Crippen LogP contribution in [0.5, 0.6) is 11.5 Å². The molecule has 0 radical (unpaired) electrons. The lowest BCUT2D eigenvalue weighted by molar-refractivity contribution is 0.408.